The van der Waals surface area contributed by atoms with E-state index >= 15 is 0 Å². The second-order valence-corrected chi connectivity index (χ2v) is 9.05. The number of halogens is 2. The van der Waals surface area contributed by atoms with Crippen LogP contribution in [0.2, 0.25) is 5.02 Å². The Morgan fingerprint density at radius 2 is 1.57 bits per heavy atom. The van der Waals surface area contributed by atoms with Crippen LogP contribution in [-0.2, 0) is 5.75 Å². The molecule has 0 aliphatic heterocycles. The number of Topliss-reactive ketones (excluding diaryl/α,β-unsaturated/α-hetero) is 1. The van der Waals surface area contributed by atoms with E-state index in [1.807, 2.05) is 18.2 Å². The molecule has 0 heterocycles. The molecule has 3 aromatic carbocycles. The molecule has 142 valence electrons. The molecule has 0 saturated heterocycles. The van der Waals surface area contributed by atoms with Crippen molar-refractivity contribution in [3.8, 4) is 0 Å². The van der Waals surface area contributed by atoms with Gasteiger partial charge in [0, 0.05) is 20.8 Å². The van der Waals surface area contributed by atoms with Gasteiger partial charge in [0.1, 0.15) is 0 Å². The van der Waals surface area contributed by atoms with E-state index in [1.54, 1.807) is 36.0 Å². The minimum absolute atomic E-state index is 0.0120. The summed E-state index contributed by atoms with van der Waals surface area (Å²) < 4.78 is 1.05. The maximum atomic E-state index is 13.2. The van der Waals surface area contributed by atoms with Gasteiger partial charge < -0.3 is 0 Å². The van der Waals surface area contributed by atoms with Crippen LogP contribution >= 0.6 is 39.3 Å². The van der Waals surface area contributed by atoms with E-state index in [-0.39, 0.29) is 5.78 Å². The van der Waals surface area contributed by atoms with Crippen molar-refractivity contribution < 1.29 is 4.79 Å². The highest BCUT2D eigenvalue weighted by Gasteiger charge is 2.14. The summed E-state index contributed by atoms with van der Waals surface area (Å²) >= 11 is 11.0. The molecule has 0 aliphatic rings. The van der Waals surface area contributed by atoms with Gasteiger partial charge in [-0.2, -0.15) is 0 Å². The molecule has 0 aliphatic carbocycles. The number of hydrogen-bond donors (Lipinski definition) is 0. The van der Waals surface area contributed by atoms with Gasteiger partial charge in [-0.25, -0.2) is 0 Å². The topological polar surface area (TPSA) is 17.1 Å². The van der Waals surface area contributed by atoms with E-state index in [0.717, 1.165) is 20.7 Å². The maximum absolute atomic E-state index is 13.2. The van der Waals surface area contributed by atoms with Gasteiger partial charge >= 0.3 is 0 Å². The zero-order valence-electron chi connectivity index (χ0n) is 15.7. The summed E-state index contributed by atoms with van der Waals surface area (Å²) in [5.41, 5.74) is 5.22. The van der Waals surface area contributed by atoms with Gasteiger partial charge in [-0.05, 0) is 67.4 Å². The van der Waals surface area contributed by atoms with Crippen molar-refractivity contribution in [2.45, 2.75) is 19.6 Å². The van der Waals surface area contributed by atoms with Crippen molar-refractivity contribution in [2.24, 2.45) is 0 Å². The van der Waals surface area contributed by atoms with Crippen molar-refractivity contribution in [1.82, 2.24) is 0 Å². The zero-order valence-corrected chi connectivity index (χ0v) is 18.9. The molecular weight excluding hydrogens is 452 g/mol. The SMILES string of the molecule is Cc1cc(C)cc(/C=C(/SCc2ccc(Br)cc2)C(=O)c2ccc(Cl)cc2)c1. The van der Waals surface area contributed by atoms with Crippen molar-refractivity contribution in [2.75, 3.05) is 0 Å². The van der Waals surface area contributed by atoms with Gasteiger partial charge in [-0.15, -0.1) is 11.8 Å². The average Bonchev–Trinajstić information content (AvgIpc) is 2.65. The van der Waals surface area contributed by atoms with Gasteiger partial charge in [-0.1, -0.05) is 69.0 Å². The fourth-order valence-electron chi connectivity index (χ4n) is 2.90. The Bertz CT molecular complexity index is 988. The second kappa shape index (κ2) is 9.60. The smallest absolute Gasteiger partial charge is 0.199 e. The Balaban J connectivity index is 1.92. The second-order valence-electron chi connectivity index (χ2n) is 6.68. The van der Waals surface area contributed by atoms with Crippen molar-refractivity contribution >= 4 is 51.2 Å². The van der Waals surface area contributed by atoms with E-state index in [1.165, 1.54) is 16.7 Å². The van der Waals surface area contributed by atoms with Crippen LogP contribution in [0.4, 0.5) is 0 Å². The van der Waals surface area contributed by atoms with E-state index in [2.05, 4.69) is 60.1 Å². The first-order valence-corrected chi connectivity index (χ1v) is 11.0. The van der Waals surface area contributed by atoms with Crippen LogP contribution < -0.4 is 0 Å². The van der Waals surface area contributed by atoms with Crippen LogP contribution in [0.1, 0.15) is 32.6 Å². The van der Waals surface area contributed by atoms with Gasteiger partial charge in [0.15, 0.2) is 5.78 Å². The lowest BCUT2D eigenvalue weighted by Gasteiger charge is -2.09. The molecule has 0 N–H and O–H groups in total. The first kappa shape index (κ1) is 20.9. The van der Waals surface area contributed by atoms with Crippen molar-refractivity contribution in [3.05, 3.63) is 109 Å². The third-order valence-corrected chi connectivity index (χ3v) is 6.05. The summed E-state index contributed by atoms with van der Waals surface area (Å²) in [6, 6.07) is 21.6. The Hall–Kier alpha value is -1.81. The number of thioether (sulfide) groups is 1. The Labute approximate surface area is 184 Å². The molecule has 0 fully saturated rings. The molecule has 4 heteroatoms. The first-order chi connectivity index (χ1) is 13.4. The van der Waals surface area contributed by atoms with Crippen molar-refractivity contribution in [3.63, 3.8) is 0 Å². The van der Waals surface area contributed by atoms with E-state index in [4.69, 9.17) is 11.6 Å². The van der Waals surface area contributed by atoms with Gasteiger partial charge in [-0.3, -0.25) is 4.79 Å². The number of allylic oxidation sites excluding steroid dienone is 1. The Kier molecular flexibility index (Phi) is 7.17. The number of carbonyl (C=O) groups excluding carboxylic acids is 1. The monoisotopic (exact) mass is 470 g/mol. The van der Waals surface area contributed by atoms with Crippen LogP contribution in [-0.4, -0.2) is 5.78 Å². The highest BCUT2D eigenvalue weighted by molar-refractivity contribution is 9.10. The molecule has 0 radical (unpaired) electrons. The number of rotatable bonds is 6. The minimum atomic E-state index is 0.0120. The van der Waals surface area contributed by atoms with Crippen LogP contribution in [0.15, 0.2) is 76.1 Å². The maximum Gasteiger partial charge on any atom is 0.199 e. The van der Waals surface area contributed by atoms with Crippen LogP contribution in [0, 0.1) is 13.8 Å². The molecule has 3 aromatic rings. The number of carbonyl (C=O) groups is 1. The highest BCUT2D eigenvalue weighted by Crippen LogP contribution is 2.28. The number of benzene rings is 3. The van der Waals surface area contributed by atoms with Gasteiger partial charge in [0.25, 0.3) is 0 Å². The Morgan fingerprint density at radius 1 is 0.964 bits per heavy atom. The predicted octanol–water partition coefficient (Wildman–Crippen LogP) is 7.88. The molecule has 0 saturated carbocycles. The van der Waals surface area contributed by atoms with Gasteiger partial charge in [0.05, 0.1) is 4.91 Å². The number of ketones is 1. The summed E-state index contributed by atoms with van der Waals surface area (Å²) in [4.78, 5) is 13.9. The normalized spacial score (nSPS) is 11.5. The standard InChI is InChI=1S/C24H20BrClOS/c1-16-11-17(2)13-19(12-16)14-23(24(27)20-5-9-22(26)10-6-20)28-15-18-3-7-21(25)8-4-18/h3-14H,15H2,1-2H3/b23-14+. The van der Waals surface area contributed by atoms with E-state index < -0.39 is 0 Å². The number of aryl methyl sites for hydroxylation is 2. The van der Waals surface area contributed by atoms with Crippen molar-refractivity contribution in [1.29, 1.82) is 0 Å². The molecule has 3 rings (SSSR count). The third kappa shape index (κ3) is 5.84. The fourth-order valence-corrected chi connectivity index (χ4v) is 4.28. The van der Waals surface area contributed by atoms with Crippen LogP contribution in [0.5, 0.6) is 0 Å². The summed E-state index contributed by atoms with van der Waals surface area (Å²) in [6.07, 6.45) is 1.99. The van der Waals surface area contributed by atoms with Crippen LogP contribution in [0.3, 0.4) is 0 Å². The molecule has 0 atom stereocenters. The number of hydrogen-bond acceptors (Lipinski definition) is 2. The third-order valence-electron chi connectivity index (χ3n) is 4.18. The fraction of sp³-hybridized carbons (Fsp3) is 0.125. The minimum Gasteiger partial charge on any atom is -0.288 e. The summed E-state index contributed by atoms with van der Waals surface area (Å²) in [5.74, 6) is 0.737. The van der Waals surface area contributed by atoms with E-state index in [9.17, 15) is 4.79 Å². The Morgan fingerprint density at radius 3 is 2.18 bits per heavy atom. The predicted molar refractivity (Wildman–Crippen MR) is 125 cm³/mol. The molecular formula is C24H20BrClOS. The molecule has 0 amide bonds. The summed E-state index contributed by atoms with van der Waals surface area (Å²) in [5, 5.41) is 0.624. The molecule has 0 spiro atoms. The molecule has 28 heavy (non-hydrogen) atoms. The van der Waals surface area contributed by atoms with E-state index in [0.29, 0.717) is 10.6 Å². The summed E-state index contributed by atoms with van der Waals surface area (Å²) in [6.45, 7) is 4.14. The quantitative estimate of drug-likeness (QED) is 0.269. The molecule has 1 nitrogen and oxygen atoms in total. The first-order valence-electron chi connectivity index (χ1n) is 8.88. The largest absolute Gasteiger partial charge is 0.288 e. The lowest BCUT2D eigenvalue weighted by molar-refractivity contribution is 0.104. The highest BCUT2D eigenvalue weighted by atomic mass is 79.9. The molecule has 0 aromatic heterocycles. The van der Waals surface area contributed by atoms with Crippen LogP contribution in [0.25, 0.3) is 6.08 Å². The lowest BCUT2D eigenvalue weighted by atomic mass is 10.1. The lowest BCUT2D eigenvalue weighted by Crippen LogP contribution is -2.01. The summed E-state index contributed by atoms with van der Waals surface area (Å²) in [7, 11) is 0. The molecule has 0 unspecified atom stereocenters. The van der Waals surface area contributed by atoms with Gasteiger partial charge in [0.2, 0.25) is 0 Å². The zero-order chi connectivity index (χ0) is 20.1. The average molecular weight is 472 g/mol. The molecule has 0 bridgehead atoms.